The second-order valence-electron chi connectivity index (χ2n) is 6.91. The van der Waals surface area contributed by atoms with Crippen LogP contribution in [0.3, 0.4) is 0 Å². The molecular formula is C18H22N2O2. The molecule has 0 spiro atoms. The van der Waals surface area contributed by atoms with Crippen LogP contribution < -0.4 is 0 Å². The zero-order valence-corrected chi connectivity index (χ0v) is 12.9. The van der Waals surface area contributed by atoms with Crippen molar-refractivity contribution in [3.05, 3.63) is 35.5 Å². The first-order valence-electron chi connectivity index (χ1n) is 8.37. The van der Waals surface area contributed by atoms with Crippen molar-refractivity contribution in [2.24, 2.45) is 5.92 Å². The minimum atomic E-state index is -0.0684. The van der Waals surface area contributed by atoms with E-state index in [1.807, 2.05) is 0 Å². The lowest BCUT2D eigenvalue weighted by molar-refractivity contribution is -0.0872. The fourth-order valence-electron chi connectivity index (χ4n) is 4.76. The standard InChI is InChI=1S/C18H22N2O2/c1-20-7-6-11-10-14(20)16-12-4-2-3-5-13(12)19-17(16)15(11)18-21-8-9-22-18/h2-5,11,14-15,18-19H,6-10H2,1H3/t11-,14+,15-/m1/s1. The lowest BCUT2D eigenvalue weighted by Gasteiger charge is -2.46. The number of H-pyrrole nitrogens is 1. The van der Waals surface area contributed by atoms with E-state index in [-0.39, 0.29) is 6.29 Å². The first-order valence-corrected chi connectivity index (χ1v) is 8.37. The molecule has 3 atom stereocenters. The SMILES string of the molecule is CN1CC[C@@H]2C[C@H]1c1c([nH]c3ccccc13)[C@@H]2C1OCCO1. The van der Waals surface area contributed by atoms with Crippen LogP contribution in [0.15, 0.2) is 24.3 Å². The van der Waals surface area contributed by atoms with Crippen LogP contribution in [-0.2, 0) is 9.47 Å². The number of likely N-dealkylation sites (tertiary alicyclic amines) is 1. The number of aromatic amines is 1. The minimum absolute atomic E-state index is 0.0684. The molecule has 2 aromatic rings. The number of ether oxygens (including phenoxy) is 2. The quantitative estimate of drug-likeness (QED) is 0.879. The molecule has 0 amide bonds. The van der Waals surface area contributed by atoms with Gasteiger partial charge in [-0.2, -0.15) is 0 Å². The summed E-state index contributed by atoms with van der Waals surface area (Å²) < 4.78 is 11.8. The molecule has 5 rings (SSSR count). The van der Waals surface area contributed by atoms with E-state index in [1.165, 1.54) is 35.0 Å². The number of hydrogen-bond acceptors (Lipinski definition) is 3. The Morgan fingerprint density at radius 2 is 2.00 bits per heavy atom. The molecule has 2 saturated heterocycles. The highest BCUT2D eigenvalue weighted by Crippen LogP contribution is 2.52. The number of rotatable bonds is 1. The molecule has 3 aliphatic rings. The first kappa shape index (κ1) is 13.1. The maximum Gasteiger partial charge on any atom is 0.166 e. The number of benzene rings is 1. The van der Waals surface area contributed by atoms with Crippen molar-refractivity contribution in [2.75, 3.05) is 26.8 Å². The minimum Gasteiger partial charge on any atom is -0.358 e. The van der Waals surface area contributed by atoms with Gasteiger partial charge in [0.1, 0.15) is 0 Å². The van der Waals surface area contributed by atoms with Crippen molar-refractivity contribution < 1.29 is 9.47 Å². The molecule has 22 heavy (non-hydrogen) atoms. The van der Waals surface area contributed by atoms with E-state index >= 15 is 0 Å². The Labute approximate surface area is 130 Å². The summed E-state index contributed by atoms with van der Waals surface area (Å²) >= 11 is 0. The van der Waals surface area contributed by atoms with E-state index in [0.29, 0.717) is 17.9 Å². The summed E-state index contributed by atoms with van der Waals surface area (Å²) in [5.74, 6) is 1.01. The van der Waals surface area contributed by atoms with Crippen molar-refractivity contribution in [1.29, 1.82) is 0 Å². The van der Waals surface area contributed by atoms with Crippen molar-refractivity contribution in [2.45, 2.75) is 31.1 Å². The molecule has 1 aromatic heterocycles. The van der Waals surface area contributed by atoms with Gasteiger partial charge in [0.2, 0.25) is 0 Å². The predicted octanol–water partition coefficient (Wildman–Crippen LogP) is 3.02. The Kier molecular flexibility index (Phi) is 2.87. The largest absolute Gasteiger partial charge is 0.358 e. The van der Waals surface area contributed by atoms with Crippen LogP contribution in [-0.4, -0.2) is 43.0 Å². The average Bonchev–Trinajstić information content (AvgIpc) is 3.18. The molecule has 4 heteroatoms. The number of hydrogen-bond donors (Lipinski definition) is 1. The number of nitrogens with zero attached hydrogens (tertiary/aromatic N) is 1. The molecule has 2 bridgehead atoms. The maximum absolute atomic E-state index is 5.91. The fraction of sp³-hybridized carbons (Fsp3) is 0.556. The Hall–Kier alpha value is -1.36. The number of aromatic nitrogens is 1. The number of fused-ring (bicyclic) bond motifs is 6. The third-order valence-electron chi connectivity index (χ3n) is 5.80. The number of piperidine rings is 1. The van der Waals surface area contributed by atoms with Crippen LogP contribution in [0.4, 0.5) is 0 Å². The van der Waals surface area contributed by atoms with Gasteiger partial charge < -0.3 is 14.5 Å². The van der Waals surface area contributed by atoms with E-state index < -0.39 is 0 Å². The Balaban J connectivity index is 1.72. The molecule has 2 aliphatic heterocycles. The number of nitrogens with one attached hydrogen (secondary N) is 1. The van der Waals surface area contributed by atoms with Gasteiger partial charge in [0, 0.05) is 22.6 Å². The molecular weight excluding hydrogens is 276 g/mol. The van der Waals surface area contributed by atoms with Crippen molar-refractivity contribution in [3.63, 3.8) is 0 Å². The highest BCUT2D eigenvalue weighted by molar-refractivity contribution is 5.85. The second kappa shape index (κ2) is 4.82. The van der Waals surface area contributed by atoms with Crippen LogP contribution in [0.1, 0.15) is 36.1 Å². The predicted molar refractivity (Wildman–Crippen MR) is 84.8 cm³/mol. The van der Waals surface area contributed by atoms with Crippen molar-refractivity contribution >= 4 is 10.9 Å². The second-order valence-corrected chi connectivity index (χ2v) is 6.91. The third kappa shape index (κ3) is 1.75. The Morgan fingerprint density at radius 1 is 1.18 bits per heavy atom. The number of para-hydroxylation sites is 1. The van der Waals surface area contributed by atoms with Crippen molar-refractivity contribution in [3.8, 4) is 0 Å². The first-order chi connectivity index (χ1) is 10.8. The van der Waals surface area contributed by atoms with Crippen molar-refractivity contribution in [1.82, 2.24) is 9.88 Å². The normalized spacial score (nSPS) is 32.5. The lowest BCUT2D eigenvalue weighted by atomic mass is 9.71. The molecule has 1 aliphatic carbocycles. The van der Waals surface area contributed by atoms with Gasteiger partial charge in [-0.05, 0) is 44.0 Å². The van der Waals surface area contributed by atoms with Gasteiger partial charge in [0.15, 0.2) is 6.29 Å². The molecule has 0 saturated carbocycles. The third-order valence-corrected chi connectivity index (χ3v) is 5.80. The molecule has 1 aromatic carbocycles. The van der Waals surface area contributed by atoms with Gasteiger partial charge in [0.05, 0.1) is 19.1 Å². The summed E-state index contributed by atoms with van der Waals surface area (Å²) in [6, 6.07) is 9.22. The van der Waals surface area contributed by atoms with E-state index in [0.717, 1.165) is 19.8 Å². The van der Waals surface area contributed by atoms with E-state index in [1.54, 1.807) is 0 Å². The van der Waals surface area contributed by atoms with Crippen LogP contribution in [0.2, 0.25) is 0 Å². The molecule has 3 heterocycles. The maximum atomic E-state index is 5.91. The summed E-state index contributed by atoms with van der Waals surface area (Å²) in [6.45, 7) is 2.62. The van der Waals surface area contributed by atoms with Gasteiger partial charge in [-0.25, -0.2) is 0 Å². The van der Waals surface area contributed by atoms with Gasteiger partial charge in [-0.15, -0.1) is 0 Å². The highest BCUT2D eigenvalue weighted by Gasteiger charge is 2.46. The van der Waals surface area contributed by atoms with Gasteiger partial charge in [-0.3, -0.25) is 4.90 Å². The smallest absolute Gasteiger partial charge is 0.166 e. The van der Waals surface area contributed by atoms with Crippen LogP contribution in [0, 0.1) is 5.92 Å². The topological polar surface area (TPSA) is 37.5 Å². The Bertz CT molecular complexity index is 704. The van der Waals surface area contributed by atoms with E-state index in [9.17, 15) is 0 Å². The molecule has 2 fully saturated rings. The molecule has 1 N–H and O–H groups in total. The molecule has 116 valence electrons. The van der Waals surface area contributed by atoms with Crippen LogP contribution >= 0.6 is 0 Å². The van der Waals surface area contributed by atoms with E-state index in [4.69, 9.17) is 9.47 Å². The molecule has 0 radical (unpaired) electrons. The summed E-state index contributed by atoms with van der Waals surface area (Å²) in [7, 11) is 2.26. The van der Waals surface area contributed by atoms with Crippen LogP contribution in [0.25, 0.3) is 10.9 Å². The summed E-state index contributed by atoms with van der Waals surface area (Å²) in [5.41, 5.74) is 4.09. The zero-order chi connectivity index (χ0) is 14.7. The molecule has 4 nitrogen and oxygen atoms in total. The van der Waals surface area contributed by atoms with Gasteiger partial charge >= 0.3 is 0 Å². The average molecular weight is 298 g/mol. The monoisotopic (exact) mass is 298 g/mol. The van der Waals surface area contributed by atoms with Gasteiger partial charge in [0.25, 0.3) is 0 Å². The highest BCUT2D eigenvalue weighted by atomic mass is 16.7. The van der Waals surface area contributed by atoms with E-state index in [2.05, 4.69) is 41.2 Å². The Morgan fingerprint density at radius 3 is 2.86 bits per heavy atom. The summed E-state index contributed by atoms with van der Waals surface area (Å²) in [4.78, 5) is 6.22. The van der Waals surface area contributed by atoms with Gasteiger partial charge in [-0.1, -0.05) is 18.2 Å². The zero-order valence-electron chi connectivity index (χ0n) is 12.9. The molecule has 0 unspecified atom stereocenters. The fourth-order valence-corrected chi connectivity index (χ4v) is 4.76. The lowest BCUT2D eigenvalue weighted by Crippen LogP contribution is -2.43. The summed E-state index contributed by atoms with van der Waals surface area (Å²) in [5, 5.41) is 1.37. The van der Waals surface area contributed by atoms with Crippen LogP contribution in [0.5, 0.6) is 0 Å². The summed E-state index contributed by atoms with van der Waals surface area (Å²) in [6.07, 6.45) is 2.38.